The standard InChI is InChI=1S/C32H62O2/c1-4-7-10-12-14-15-16-17-18-19-20-21-22-24-26-29-32(33)34-30-31(27-9-6-3)28-25-23-13-11-8-5-2/h17-18,31H,4-16,19-30H2,1-3H3. The second-order valence-corrected chi connectivity index (χ2v) is 10.6. The molecule has 0 spiro atoms. The van der Waals surface area contributed by atoms with E-state index in [9.17, 15) is 4.79 Å². The molecule has 0 radical (unpaired) electrons. The third-order valence-corrected chi connectivity index (χ3v) is 7.05. The minimum absolute atomic E-state index is 0.0297. The van der Waals surface area contributed by atoms with Crippen LogP contribution in [0.3, 0.4) is 0 Å². The van der Waals surface area contributed by atoms with Crippen molar-refractivity contribution in [3.05, 3.63) is 12.2 Å². The van der Waals surface area contributed by atoms with Crippen molar-refractivity contribution in [2.45, 2.75) is 175 Å². The van der Waals surface area contributed by atoms with Crippen LogP contribution in [0.1, 0.15) is 175 Å². The number of carbonyl (C=O) groups excluding carboxylic acids is 1. The summed E-state index contributed by atoms with van der Waals surface area (Å²) in [7, 11) is 0. The van der Waals surface area contributed by atoms with Crippen LogP contribution in [0.25, 0.3) is 0 Å². The second-order valence-electron chi connectivity index (χ2n) is 10.6. The highest BCUT2D eigenvalue weighted by atomic mass is 16.5. The SMILES string of the molecule is CCCCCCCCC=CCCCCCCCC(=O)OCC(CCCC)CCCCCCCC. The zero-order chi connectivity index (χ0) is 25.0. The van der Waals surface area contributed by atoms with Gasteiger partial charge in [-0.3, -0.25) is 4.79 Å². The topological polar surface area (TPSA) is 26.3 Å². The lowest BCUT2D eigenvalue weighted by Gasteiger charge is -2.17. The summed E-state index contributed by atoms with van der Waals surface area (Å²) in [6, 6.07) is 0. The van der Waals surface area contributed by atoms with Crippen LogP contribution in [0.5, 0.6) is 0 Å². The van der Waals surface area contributed by atoms with Gasteiger partial charge in [-0.15, -0.1) is 0 Å². The quantitative estimate of drug-likeness (QED) is 0.0666. The maximum Gasteiger partial charge on any atom is 0.305 e. The number of unbranched alkanes of at least 4 members (excludes halogenated alkanes) is 17. The Bertz CT molecular complexity index is 429. The Labute approximate surface area is 215 Å². The van der Waals surface area contributed by atoms with Crippen molar-refractivity contribution >= 4 is 5.97 Å². The molecule has 0 bridgehead atoms. The summed E-state index contributed by atoms with van der Waals surface area (Å²) in [4.78, 5) is 12.2. The third-order valence-electron chi connectivity index (χ3n) is 7.05. The Kier molecular flexibility index (Phi) is 27.8. The van der Waals surface area contributed by atoms with Gasteiger partial charge in [0.2, 0.25) is 0 Å². The molecule has 0 N–H and O–H groups in total. The molecular weight excluding hydrogens is 416 g/mol. The van der Waals surface area contributed by atoms with E-state index in [0.717, 1.165) is 12.8 Å². The van der Waals surface area contributed by atoms with Gasteiger partial charge in [-0.25, -0.2) is 0 Å². The summed E-state index contributed by atoms with van der Waals surface area (Å²) in [5, 5.41) is 0. The van der Waals surface area contributed by atoms with Crippen LogP contribution in [0.4, 0.5) is 0 Å². The molecule has 0 amide bonds. The maximum atomic E-state index is 12.2. The zero-order valence-electron chi connectivity index (χ0n) is 23.7. The summed E-state index contributed by atoms with van der Waals surface area (Å²) in [6.07, 6.45) is 35.1. The van der Waals surface area contributed by atoms with Gasteiger partial charge in [0.25, 0.3) is 0 Å². The summed E-state index contributed by atoms with van der Waals surface area (Å²) in [5.41, 5.74) is 0. The smallest absolute Gasteiger partial charge is 0.305 e. The van der Waals surface area contributed by atoms with E-state index in [1.807, 2.05) is 0 Å². The third kappa shape index (κ3) is 25.8. The average molecular weight is 479 g/mol. The average Bonchev–Trinajstić information content (AvgIpc) is 2.84. The van der Waals surface area contributed by atoms with Gasteiger partial charge in [-0.2, -0.15) is 0 Å². The number of esters is 1. The van der Waals surface area contributed by atoms with Gasteiger partial charge in [0.05, 0.1) is 6.61 Å². The van der Waals surface area contributed by atoms with Crippen molar-refractivity contribution in [3.8, 4) is 0 Å². The number of allylic oxidation sites excluding steroid dienone is 2. The van der Waals surface area contributed by atoms with Crippen LogP contribution in [0, 0.1) is 5.92 Å². The highest BCUT2D eigenvalue weighted by Gasteiger charge is 2.12. The first-order chi connectivity index (χ1) is 16.7. The molecule has 1 unspecified atom stereocenters. The van der Waals surface area contributed by atoms with Gasteiger partial charge < -0.3 is 4.74 Å². The zero-order valence-corrected chi connectivity index (χ0v) is 23.7. The summed E-state index contributed by atoms with van der Waals surface area (Å²) in [5.74, 6) is 0.603. The van der Waals surface area contributed by atoms with E-state index in [1.54, 1.807) is 0 Å². The van der Waals surface area contributed by atoms with Crippen LogP contribution in [0.2, 0.25) is 0 Å². The van der Waals surface area contributed by atoms with Gasteiger partial charge in [0, 0.05) is 6.42 Å². The van der Waals surface area contributed by atoms with Crippen LogP contribution < -0.4 is 0 Å². The lowest BCUT2D eigenvalue weighted by Crippen LogP contribution is -2.14. The van der Waals surface area contributed by atoms with E-state index in [4.69, 9.17) is 4.74 Å². The molecule has 0 aliphatic rings. The molecular formula is C32H62O2. The highest BCUT2D eigenvalue weighted by Crippen LogP contribution is 2.19. The van der Waals surface area contributed by atoms with E-state index in [0.29, 0.717) is 18.9 Å². The Balaban J connectivity index is 3.60. The van der Waals surface area contributed by atoms with Crippen molar-refractivity contribution in [1.82, 2.24) is 0 Å². The Morgan fingerprint density at radius 2 is 1.00 bits per heavy atom. The first-order valence-electron chi connectivity index (χ1n) is 15.5. The van der Waals surface area contributed by atoms with Crippen LogP contribution in [0.15, 0.2) is 12.2 Å². The Hall–Kier alpha value is -0.790. The molecule has 0 heterocycles. The lowest BCUT2D eigenvalue weighted by molar-refractivity contribution is -0.145. The fourth-order valence-corrected chi connectivity index (χ4v) is 4.64. The molecule has 2 nitrogen and oxygen atoms in total. The largest absolute Gasteiger partial charge is 0.465 e. The fourth-order valence-electron chi connectivity index (χ4n) is 4.64. The van der Waals surface area contributed by atoms with Crippen molar-refractivity contribution in [2.75, 3.05) is 6.61 Å². The fraction of sp³-hybridized carbons (Fsp3) is 0.906. The number of carbonyl (C=O) groups is 1. The lowest BCUT2D eigenvalue weighted by atomic mass is 9.96. The minimum atomic E-state index is 0.0297. The number of rotatable bonds is 27. The molecule has 0 aliphatic heterocycles. The van der Waals surface area contributed by atoms with Gasteiger partial charge in [0.1, 0.15) is 0 Å². The number of hydrogen-bond acceptors (Lipinski definition) is 2. The van der Waals surface area contributed by atoms with E-state index >= 15 is 0 Å². The monoisotopic (exact) mass is 478 g/mol. The highest BCUT2D eigenvalue weighted by molar-refractivity contribution is 5.69. The van der Waals surface area contributed by atoms with E-state index in [-0.39, 0.29) is 5.97 Å². The molecule has 0 aromatic rings. The van der Waals surface area contributed by atoms with E-state index < -0.39 is 0 Å². The first-order valence-corrected chi connectivity index (χ1v) is 15.5. The Morgan fingerprint density at radius 1 is 0.559 bits per heavy atom. The molecule has 0 aromatic carbocycles. The molecule has 34 heavy (non-hydrogen) atoms. The summed E-state index contributed by atoms with van der Waals surface area (Å²) < 4.78 is 5.67. The van der Waals surface area contributed by atoms with E-state index in [2.05, 4.69) is 32.9 Å². The summed E-state index contributed by atoms with van der Waals surface area (Å²) in [6.45, 7) is 7.45. The van der Waals surface area contributed by atoms with Crippen LogP contribution >= 0.6 is 0 Å². The predicted octanol–water partition coefficient (Wildman–Crippen LogP) is 11.1. The molecule has 0 aliphatic carbocycles. The molecule has 0 saturated carbocycles. The molecule has 0 aromatic heterocycles. The van der Waals surface area contributed by atoms with Crippen molar-refractivity contribution in [2.24, 2.45) is 5.92 Å². The van der Waals surface area contributed by atoms with Crippen LogP contribution in [-0.2, 0) is 9.53 Å². The predicted molar refractivity (Wildman–Crippen MR) is 151 cm³/mol. The molecule has 202 valence electrons. The van der Waals surface area contributed by atoms with Crippen molar-refractivity contribution < 1.29 is 9.53 Å². The van der Waals surface area contributed by atoms with Gasteiger partial charge >= 0.3 is 5.97 Å². The van der Waals surface area contributed by atoms with Gasteiger partial charge in [-0.05, 0) is 50.9 Å². The van der Waals surface area contributed by atoms with Crippen molar-refractivity contribution in [3.63, 3.8) is 0 Å². The van der Waals surface area contributed by atoms with Gasteiger partial charge in [-0.1, -0.05) is 136 Å². The maximum absolute atomic E-state index is 12.2. The van der Waals surface area contributed by atoms with Crippen molar-refractivity contribution in [1.29, 1.82) is 0 Å². The van der Waals surface area contributed by atoms with Crippen LogP contribution in [-0.4, -0.2) is 12.6 Å². The number of ether oxygens (including phenoxy) is 1. The van der Waals surface area contributed by atoms with Gasteiger partial charge in [0.15, 0.2) is 0 Å². The summed E-state index contributed by atoms with van der Waals surface area (Å²) >= 11 is 0. The molecule has 2 heteroatoms. The number of hydrogen-bond donors (Lipinski definition) is 0. The second kappa shape index (κ2) is 28.4. The molecule has 0 rings (SSSR count). The molecule has 0 saturated heterocycles. The minimum Gasteiger partial charge on any atom is -0.465 e. The Morgan fingerprint density at radius 3 is 1.56 bits per heavy atom. The first kappa shape index (κ1) is 33.2. The normalized spacial score (nSPS) is 12.4. The molecule has 1 atom stereocenters. The molecule has 0 fully saturated rings. The van der Waals surface area contributed by atoms with E-state index in [1.165, 1.54) is 135 Å².